The van der Waals surface area contributed by atoms with Gasteiger partial charge in [0.05, 0.1) is 12.2 Å². The predicted molar refractivity (Wildman–Crippen MR) is 119 cm³/mol. The van der Waals surface area contributed by atoms with Gasteiger partial charge in [0.25, 0.3) is 5.91 Å². The molecular weight excluding hydrogens is 382 g/mol. The largest absolute Gasteiger partial charge is 0.393 e. The van der Waals surface area contributed by atoms with Crippen LogP contribution in [-0.2, 0) is 9.53 Å². The van der Waals surface area contributed by atoms with Crippen LogP contribution in [0.25, 0.3) is 6.08 Å². The maximum absolute atomic E-state index is 12.3. The SMILES string of the molecule is C.CCCN(CCC)c1ccc(/C=C(\C#N)C(=O)NCC2CC(O)CC(O)O2)cc1. The Kier molecular flexibility index (Phi) is 11.1. The van der Waals surface area contributed by atoms with E-state index in [-0.39, 0.29) is 26.0 Å². The maximum Gasteiger partial charge on any atom is 0.262 e. The Hall–Kier alpha value is -2.40. The molecule has 30 heavy (non-hydrogen) atoms. The van der Waals surface area contributed by atoms with Crippen molar-refractivity contribution in [1.82, 2.24) is 5.32 Å². The van der Waals surface area contributed by atoms with Gasteiger partial charge in [0.2, 0.25) is 0 Å². The highest BCUT2D eigenvalue weighted by atomic mass is 16.6. The molecule has 1 aromatic rings. The summed E-state index contributed by atoms with van der Waals surface area (Å²) >= 11 is 0. The summed E-state index contributed by atoms with van der Waals surface area (Å²) in [4.78, 5) is 14.7. The monoisotopic (exact) mass is 417 g/mol. The van der Waals surface area contributed by atoms with E-state index in [0.29, 0.717) is 6.42 Å². The second kappa shape index (κ2) is 13.0. The number of aliphatic hydroxyl groups excluding tert-OH is 2. The zero-order valence-corrected chi connectivity index (χ0v) is 17.2. The first-order valence-corrected chi connectivity index (χ1v) is 10.2. The van der Waals surface area contributed by atoms with Crippen molar-refractivity contribution in [2.24, 2.45) is 0 Å². The van der Waals surface area contributed by atoms with E-state index in [1.165, 1.54) is 0 Å². The first-order chi connectivity index (χ1) is 14.0. The lowest BCUT2D eigenvalue weighted by Crippen LogP contribution is -2.42. The van der Waals surface area contributed by atoms with Gasteiger partial charge in [-0.05, 0) is 36.6 Å². The van der Waals surface area contributed by atoms with Crippen molar-refractivity contribution in [2.45, 2.75) is 65.5 Å². The number of carbonyl (C=O) groups is 1. The molecule has 1 fully saturated rings. The molecular formula is C23H35N3O4. The summed E-state index contributed by atoms with van der Waals surface area (Å²) in [6.45, 7) is 6.39. The summed E-state index contributed by atoms with van der Waals surface area (Å²) in [5.41, 5.74) is 1.89. The average molecular weight is 418 g/mol. The van der Waals surface area contributed by atoms with Crippen LogP contribution in [0.15, 0.2) is 29.8 Å². The van der Waals surface area contributed by atoms with E-state index in [1.807, 2.05) is 30.3 Å². The van der Waals surface area contributed by atoms with Gasteiger partial charge in [-0.1, -0.05) is 33.4 Å². The van der Waals surface area contributed by atoms with Gasteiger partial charge in [-0.2, -0.15) is 5.26 Å². The lowest BCUT2D eigenvalue weighted by Gasteiger charge is -2.30. The third-order valence-corrected chi connectivity index (χ3v) is 4.77. The van der Waals surface area contributed by atoms with Crippen LogP contribution in [0.1, 0.15) is 52.5 Å². The lowest BCUT2D eigenvalue weighted by molar-refractivity contribution is -0.187. The number of rotatable bonds is 9. The van der Waals surface area contributed by atoms with E-state index < -0.39 is 24.4 Å². The molecule has 1 amide bonds. The summed E-state index contributed by atoms with van der Waals surface area (Å²) < 4.78 is 5.29. The number of nitriles is 1. The van der Waals surface area contributed by atoms with Crippen LogP contribution in [0.2, 0.25) is 0 Å². The van der Waals surface area contributed by atoms with E-state index in [4.69, 9.17) is 4.74 Å². The number of hydrogen-bond acceptors (Lipinski definition) is 6. The van der Waals surface area contributed by atoms with Crippen molar-refractivity contribution in [2.75, 3.05) is 24.5 Å². The first-order valence-electron chi connectivity index (χ1n) is 10.2. The highest BCUT2D eigenvalue weighted by Crippen LogP contribution is 2.19. The third kappa shape index (κ3) is 7.79. The molecule has 1 aliphatic rings. The Morgan fingerprint density at radius 3 is 2.40 bits per heavy atom. The normalized spacial score (nSPS) is 21.3. The molecule has 1 aliphatic heterocycles. The smallest absolute Gasteiger partial charge is 0.262 e. The highest BCUT2D eigenvalue weighted by molar-refractivity contribution is 6.01. The quantitative estimate of drug-likeness (QED) is 0.421. The molecule has 0 radical (unpaired) electrons. The minimum absolute atomic E-state index is 0. The van der Waals surface area contributed by atoms with Crippen molar-refractivity contribution >= 4 is 17.7 Å². The van der Waals surface area contributed by atoms with Gasteiger partial charge in [0.1, 0.15) is 11.6 Å². The summed E-state index contributed by atoms with van der Waals surface area (Å²) in [6.07, 6.45) is 2.00. The Bertz CT molecular complexity index is 711. The average Bonchev–Trinajstić information content (AvgIpc) is 2.70. The number of benzene rings is 1. The number of hydrogen-bond donors (Lipinski definition) is 3. The minimum Gasteiger partial charge on any atom is -0.393 e. The van der Waals surface area contributed by atoms with Gasteiger partial charge in [-0.3, -0.25) is 4.79 Å². The lowest BCUT2D eigenvalue weighted by atomic mass is 10.0. The Morgan fingerprint density at radius 2 is 1.87 bits per heavy atom. The molecule has 0 aliphatic carbocycles. The number of carbonyl (C=O) groups excluding carboxylic acids is 1. The van der Waals surface area contributed by atoms with Gasteiger partial charge in [0, 0.05) is 38.2 Å². The van der Waals surface area contributed by atoms with Crippen LogP contribution in [-0.4, -0.2) is 54.3 Å². The van der Waals surface area contributed by atoms with Gasteiger partial charge >= 0.3 is 0 Å². The van der Waals surface area contributed by atoms with Crippen LogP contribution in [0.5, 0.6) is 0 Å². The van der Waals surface area contributed by atoms with Crippen LogP contribution in [0.3, 0.4) is 0 Å². The van der Waals surface area contributed by atoms with Crippen molar-refractivity contribution in [3.63, 3.8) is 0 Å². The predicted octanol–water partition coefficient (Wildman–Crippen LogP) is 2.83. The minimum atomic E-state index is -1.04. The van der Waals surface area contributed by atoms with E-state index >= 15 is 0 Å². The first kappa shape index (κ1) is 25.6. The number of nitrogens with zero attached hydrogens (tertiary/aromatic N) is 2. The molecule has 2 rings (SSSR count). The Morgan fingerprint density at radius 1 is 1.23 bits per heavy atom. The summed E-state index contributed by atoms with van der Waals surface area (Å²) in [5.74, 6) is -0.506. The number of nitrogens with one attached hydrogen (secondary N) is 1. The van der Waals surface area contributed by atoms with Crippen LogP contribution in [0.4, 0.5) is 5.69 Å². The van der Waals surface area contributed by atoms with Crippen molar-refractivity contribution in [3.05, 3.63) is 35.4 Å². The van der Waals surface area contributed by atoms with Gasteiger partial charge < -0.3 is 25.2 Å². The zero-order valence-electron chi connectivity index (χ0n) is 17.2. The fraction of sp³-hybridized carbons (Fsp3) is 0.565. The van der Waals surface area contributed by atoms with E-state index in [9.17, 15) is 20.3 Å². The molecule has 3 atom stereocenters. The van der Waals surface area contributed by atoms with Crippen LogP contribution >= 0.6 is 0 Å². The number of amides is 1. The molecule has 1 heterocycles. The third-order valence-electron chi connectivity index (χ3n) is 4.77. The molecule has 1 aromatic carbocycles. The zero-order chi connectivity index (χ0) is 21.2. The molecule has 0 aromatic heterocycles. The molecule has 3 unspecified atom stereocenters. The molecule has 166 valence electrons. The fourth-order valence-electron chi connectivity index (χ4n) is 3.41. The summed E-state index contributed by atoms with van der Waals surface area (Å²) in [6, 6.07) is 9.73. The molecule has 0 spiro atoms. The molecule has 7 heteroatoms. The fourth-order valence-corrected chi connectivity index (χ4v) is 3.41. The van der Waals surface area contributed by atoms with Gasteiger partial charge in [-0.15, -0.1) is 0 Å². The Labute approximate surface area is 180 Å². The number of anilines is 1. The topological polar surface area (TPSA) is 106 Å². The molecule has 0 saturated carbocycles. The maximum atomic E-state index is 12.3. The molecule has 3 N–H and O–H groups in total. The van der Waals surface area contributed by atoms with Gasteiger partial charge in [0.15, 0.2) is 6.29 Å². The van der Waals surface area contributed by atoms with Crippen molar-refractivity contribution < 1.29 is 19.7 Å². The standard InChI is InChI=1S/C22H31N3O4.CH4/c1-3-9-25(10-4-2)18-7-5-16(6-8-18)11-17(14-23)22(28)24-15-20-12-19(26)13-21(27)29-20;/h5-8,11,19-21,26-27H,3-4,9-10,12-13,15H2,1-2H3,(H,24,28);1H4/b17-11+;. The Balaban J connectivity index is 0.00000450. The molecule has 1 saturated heterocycles. The van der Waals surface area contributed by atoms with Crippen LogP contribution < -0.4 is 10.2 Å². The van der Waals surface area contributed by atoms with Crippen LogP contribution in [0, 0.1) is 11.3 Å². The van der Waals surface area contributed by atoms with Crippen molar-refractivity contribution in [1.29, 1.82) is 5.26 Å². The van der Waals surface area contributed by atoms with E-state index in [1.54, 1.807) is 6.08 Å². The van der Waals surface area contributed by atoms with E-state index in [0.717, 1.165) is 37.2 Å². The van der Waals surface area contributed by atoms with Gasteiger partial charge in [-0.25, -0.2) is 0 Å². The van der Waals surface area contributed by atoms with E-state index in [2.05, 4.69) is 24.1 Å². The second-order valence-corrected chi connectivity index (χ2v) is 7.30. The molecule has 7 nitrogen and oxygen atoms in total. The van der Waals surface area contributed by atoms with Crippen molar-refractivity contribution in [3.8, 4) is 6.07 Å². The summed E-state index contributed by atoms with van der Waals surface area (Å²) in [5, 5.41) is 31.2. The molecule has 0 bridgehead atoms. The number of ether oxygens (including phenoxy) is 1. The second-order valence-electron chi connectivity index (χ2n) is 7.30. The summed E-state index contributed by atoms with van der Waals surface area (Å²) in [7, 11) is 0. The number of aliphatic hydroxyl groups is 2. The highest BCUT2D eigenvalue weighted by Gasteiger charge is 2.27.